The van der Waals surface area contributed by atoms with E-state index in [1.54, 1.807) is 6.26 Å². The van der Waals surface area contributed by atoms with Crippen molar-refractivity contribution < 1.29 is 9.15 Å². The molecule has 0 saturated carbocycles. The molecule has 128 valence electrons. The maximum Gasteiger partial charge on any atom is 0.0947 e. The summed E-state index contributed by atoms with van der Waals surface area (Å²) < 4.78 is 11.2. The van der Waals surface area contributed by atoms with E-state index in [9.17, 15) is 0 Å². The van der Waals surface area contributed by atoms with E-state index in [1.807, 2.05) is 24.7 Å². The molecule has 2 aromatic heterocycles. The van der Waals surface area contributed by atoms with Crippen molar-refractivity contribution in [2.45, 2.75) is 19.4 Å². The molecule has 0 aliphatic carbocycles. The fraction of sp³-hybridized carbons (Fsp3) is 0.526. The first-order valence-corrected chi connectivity index (χ1v) is 8.79. The highest BCUT2D eigenvalue weighted by Gasteiger charge is 2.39. The average molecular weight is 327 g/mol. The molecule has 5 heteroatoms. The standard InChI is InChI=1S/C19H25N3O2/c1-3-18(11-20-6-1)22-8-10-24-16-19(15-22)5-2-7-21(14-19)12-17-4-9-23-13-17/h1,3-4,6,9,11,13H,2,5,7-8,10,12,14-16H2/t19-/m1/s1. The number of piperidine rings is 1. The van der Waals surface area contributed by atoms with Crippen LogP contribution in [0.1, 0.15) is 18.4 Å². The van der Waals surface area contributed by atoms with E-state index in [0.717, 1.165) is 45.9 Å². The number of aromatic nitrogens is 1. The van der Waals surface area contributed by atoms with Crippen LogP contribution >= 0.6 is 0 Å². The number of nitrogens with zero attached hydrogens (tertiary/aromatic N) is 3. The number of likely N-dealkylation sites (tertiary alicyclic amines) is 1. The first kappa shape index (κ1) is 15.7. The number of pyridine rings is 1. The van der Waals surface area contributed by atoms with Gasteiger partial charge in [-0.3, -0.25) is 9.88 Å². The molecular formula is C19H25N3O2. The zero-order chi connectivity index (χ0) is 16.2. The van der Waals surface area contributed by atoms with Gasteiger partial charge in [0.25, 0.3) is 0 Å². The summed E-state index contributed by atoms with van der Waals surface area (Å²) in [7, 11) is 0. The molecule has 2 saturated heterocycles. The minimum atomic E-state index is 0.203. The lowest BCUT2D eigenvalue weighted by molar-refractivity contribution is 0.0106. The summed E-state index contributed by atoms with van der Waals surface area (Å²) in [6.07, 6.45) is 9.86. The number of ether oxygens (including phenoxy) is 1. The van der Waals surface area contributed by atoms with E-state index in [2.05, 4.69) is 26.9 Å². The van der Waals surface area contributed by atoms with E-state index in [4.69, 9.17) is 9.15 Å². The highest BCUT2D eigenvalue weighted by Crippen LogP contribution is 2.35. The summed E-state index contributed by atoms with van der Waals surface area (Å²) >= 11 is 0. The molecule has 24 heavy (non-hydrogen) atoms. The number of furan rings is 1. The molecule has 0 N–H and O–H groups in total. The smallest absolute Gasteiger partial charge is 0.0947 e. The topological polar surface area (TPSA) is 41.7 Å². The Bertz CT molecular complexity index is 631. The van der Waals surface area contributed by atoms with Gasteiger partial charge >= 0.3 is 0 Å². The average Bonchev–Trinajstić information content (AvgIpc) is 3.03. The van der Waals surface area contributed by atoms with Crippen LogP contribution in [-0.4, -0.2) is 49.3 Å². The van der Waals surface area contributed by atoms with E-state index in [1.165, 1.54) is 24.1 Å². The van der Waals surface area contributed by atoms with Crippen LogP contribution in [0.15, 0.2) is 47.5 Å². The predicted molar refractivity (Wildman–Crippen MR) is 92.9 cm³/mol. The van der Waals surface area contributed by atoms with Crippen molar-refractivity contribution >= 4 is 5.69 Å². The van der Waals surface area contributed by atoms with Gasteiger partial charge in [-0.25, -0.2) is 0 Å². The van der Waals surface area contributed by atoms with Crippen LogP contribution in [0.3, 0.4) is 0 Å². The van der Waals surface area contributed by atoms with E-state index < -0.39 is 0 Å². The lowest BCUT2D eigenvalue weighted by atomic mass is 9.80. The minimum Gasteiger partial charge on any atom is -0.472 e. The Hall–Kier alpha value is -1.85. The van der Waals surface area contributed by atoms with Gasteiger partial charge in [0.2, 0.25) is 0 Å². The van der Waals surface area contributed by atoms with Crippen LogP contribution in [0.4, 0.5) is 5.69 Å². The van der Waals surface area contributed by atoms with Gasteiger partial charge in [-0.1, -0.05) is 0 Å². The van der Waals surface area contributed by atoms with Crippen molar-refractivity contribution in [3.8, 4) is 0 Å². The van der Waals surface area contributed by atoms with Gasteiger partial charge in [0, 0.05) is 43.4 Å². The number of rotatable bonds is 3. The summed E-state index contributed by atoms with van der Waals surface area (Å²) in [5.41, 5.74) is 2.66. The predicted octanol–water partition coefficient (Wildman–Crippen LogP) is 2.79. The second kappa shape index (κ2) is 6.95. The maximum absolute atomic E-state index is 6.02. The summed E-state index contributed by atoms with van der Waals surface area (Å²) in [4.78, 5) is 9.28. The molecule has 0 amide bonds. The Labute approximate surface area is 143 Å². The molecule has 1 atom stereocenters. The lowest BCUT2D eigenvalue weighted by Gasteiger charge is -2.44. The zero-order valence-corrected chi connectivity index (χ0v) is 14.1. The minimum absolute atomic E-state index is 0.203. The van der Waals surface area contributed by atoms with Gasteiger partial charge in [0.15, 0.2) is 0 Å². The third-order valence-corrected chi connectivity index (χ3v) is 5.18. The molecule has 2 fully saturated rings. The van der Waals surface area contributed by atoms with E-state index >= 15 is 0 Å². The molecule has 5 nitrogen and oxygen atoms in total. The van der Waals surface area contributed by atoms with Gasteiger partial charge in [0.1, 0.15) is 0 Å². The Morgan fingerprint density at radius 3 is 3.04 bits per heavy atom. The van der Waals surface area contributed by atoms with Crippen molar-refractivity contribution in [3.63, 3.8) is 0 Å². The number of hydrogen-bond donors (Lipinski definition) is 0. The molecule has 2 aromatic rings. The fourth-order valence-corrected chi connectivity index (χ4v) is 4.09. The van der Waals surface area contributed by atoms with Crippen LogP contribution in [0.25, 0.3) is 0 Å². The quantitative estimate of drug-likeness (QED) is 0.867. The van der Waals surface area contributed by atoms with Crippen molar-refractivity contribution in [1.29, 1.82) is 0 Å². The third-order valence-electron chi connectivity index (χ3n) is 5.18. The van der Waals surface area contributed by atoms with E-state index in [0.29, 0.717) is 0 Å². The SMILES string of the molecule is c1cncc(N2CCOC[C@@]3(CCCN(Cc4ccoc4)C3)C2)c1. The number of anilines is 1. The Balaban J connectivity index is 1.49. The Morgan fingerprint density at radius 2 is 2.21 bits per heavy atom. The van der Waals surface area contributed by atoms with Crippen LogP contribution in [0, 0.1) is 5.41 Å². The molecule has 0 bridgehead atoms. The summed E-state index contributed by atoms with van der Waals surface area (Å²) in [6.45, 7) is 6.82. The molecular weight excluding hydrogens is 302 g/mol. The molecule has 4 rings (SSSR count). The Kier molecular flexibility index (Phi) is 4.54. The highest BCUT2D eigenvalue weighted by atomic mass is 16.5. The van der Waals surface area contributed by atoms with Crippen molar-refractivity contribution in [2.24, 2.45) is 5.41 Å². The summed E-state index contributed by atoms with van der Waals surface area (Å²) in [5, 5.41) is 0. The van der Waals surface area contributed by atoms with Gasteiger partial charge < -0.3 is 14.1 Å². The third kappa shape index (κ3) is 3.47. The molecule has 0 radical (unpaired) electrons. The second-order valence-electron chi connectivity index (χ2n) is 7.13. The Morgan fingerprint density at radius 1 is 1.21 bits per heavy atom. The molecule has 2 aliphatic heterocycles. The fourth-order valence-electron chi connectivity index (χ4n) is 4.09. The molecule has 2 aliphatic rings. The van der Waals surface area contributed by atoms with Gasteiger partial charge in [0.05, 0.1) is 37.6 Å². The maximum atomic E-state index is 6.02. The normalized spacial score (nSPS) is 25.8. The highest BCUT2D eigenvalue weighted by molar-refractivity contribution is 5.44. The molecule has 4 heterocycles. The largest absolute Gasteiger partial charge is 0.472 e. The van der Waals surface area contributed by atoms with Crippen molar-refractivity contribution in [2.75, 3.05) is 44.3 Å². The zero-order valence-electron chi connectivity index (χ0n) is 14.1. The molecule has 0 unspecified atom stereocenters. The van der Waals surface area contributed by atoms with Crippen LogP contribution in [0.2, 0.25) is 0 Å². The van der Waals surface area contributed by atoms with Gasteiger partial charge in [-0.2, -0.15) is 0 Å². The summed E-state index contributed by atoms with van der Waals surface area (Å²) in [5.74, 6) is 0. The first-order valence-electron chi connectivity index (χ1n) is 8.79. The first-order chi connectivity index (χ1) is 11.8. The van der Waals surface area contributed by atoms with Crippen molar-refractivity contribution in [1.82, 2.24) is 9.88 Å². The number of hydrogen-bond acceptors (Lipinski definition) is 5. The van der Waals surface area contributed by atoms with Crippen LogP contribution < -0.4 is 4.90 Å². The molecule has 1 spiro atoms. The van der Waals surface area contributed by atoms with E-state index in [-0.39, 0.29) is 5.41 Å². The van der Waals surface area contributed by atoms with Crippen LogP contribution in [-0.2, 0) is 11.3 Å². The monoisotopic (exact) mass is 327 g/mol. The van der Waals surface area contributed by atoms with Gasteiger partial charge in [-0.15, -0.1) is 0 Å². The lowest BCUT2D eigenvalue weighted by Crippen LogP contribution is -2.50. The second-order valence-corrected chi connectivity index (χ2v) is 7.13. The van der Waals surface area contributed by atoms with Crippen molar-refractivity contribution in [3.05, 3.63) is 48.7 Å². The van der Waals surface area contributed by atoms with Gasteiger partial charge in [-0.05, 0) is 37.6 Å². The van der Waals surface area contributed by atoms with Crippen LogP contribution in [0.5, 0.6) is 0 Å². The summed E-state index contributed by atoms with van der Waals surface area (Å²) in [6, 6.07) is 6.23. The molecule has 0 aromatic carbocycles.